The van der Waals surface area contributed by atoms with E-state index in [1.807, 2.05) is 11.0 Å². The first-order valence-corrected chi connectivity index (χ1v) is 8.13. The number of aromatic nitrogens is 2. The van der Waals surface area contributed by atoms with Crippen LogP contribution in [0.25, 0.3) is 6.08 Å². The van der Waals surface area contributed by atoms with Crippen LogP contribution in [0, 0.1) is 18.3 Å². The van der Waals surface area contributed by atoms with Crippen molar-refractivity contribution in [3.8, 4) is 6.07 Å². The Hall–Kier alpha value is -2.98. The summed E-state index contributed by atoms with van der Waals surface area (Å²) in [5.41, 5.74) is 1.43. The minimum Gasteiger partial charge on any atom is -0.340 e. The number of carbonyl (C=O) groups excluding carboxylic acids is 1. The monoisotopic (exact) mass is 337 g/mol. The molecule has 2 aromatic rings. The third kappa shape index (κ3) is 4.52. The van der Waals surface area contributed by atoms with Gasteiger partial charge in [-0.2, -0.15) is 10.2 Å². The van der Waals surface area contributed by atoms with E-state index in [-0.39, 0.29) is 5.91 Å². The summed E-state index contributed by atoms with van der Waals surface area (Å²) in [7, 11) is 0. The van der Waals surface area contributed by atoms with E-state index in [1.165, 1.54) is 0 Å². The Morgan fingerprint density at radius 3 is 2.84 bits per heavy atom. The van der Waals surface area contributed by atoms with Crippen LogP contribution in [-0.2, 0) is 11.3 Å². The molecule has 1 fully saturated rings. The zero-order valence-electron chi connectivity index (χ0n) is 14.1. The molecule has 128 valence electrons. The molecule has 1 aromatic heterocycles. The SMILES string of the molecule is Cc1nc(CN2CCN(C(=O)C=Cc3cccc(C#N)c3)CC2)no1. The van der Waals surface area contributed by atoms with Crippen LogP contribution in [0.4, 0.5) is 0 Å². The third-order valence-corrected chi connectivity index (χ3v) is 4.05. The van der Waals surface area contributed by atoms with Gasteiger partial charge >= 0.3 is 0 Å². The van der Waals surface area contributed by atoms with E-state index in [1.54, 1.807) is 37.3 Å². The summed E-state index contributed by atoms with van der Waals surface area (Å²) < 4.78 is 4.97. The molecule has 7 heteroatoms. The van der Waals surface area contributed by atoms with Gasteiger partial charge in [-0.1, -0.05) is 17.3 Å². The minimum absolute atomic E-state index is 0.0163. The minimum atomic E-state index is -0.0163. The van der Waals surface area contributed by atoms with Crippen molar-refractivity contribution in [2.24, 2.45) is 0 Å². The molecular formula is C18H19N5O2. The van der Waals surface area contributed by atoms with Gasteiger partial charge < -0.3 is 9.42 Å². The summed E-state index contributed by atoms with van der Waals surface area (Å²) in [6, 6.07) is 9.27. The lowest BCUT2D eigenvalue weighted by molar-refractivity contribution is -0.127. The molecule has 1 amide bonds. The number of rotatable bonds is 4. The molecule has 7 nitrogen and oxygen atoms in total. The number of nitriles is 1. The van der Waals surface area contributed by atoms with Crippen LogP contribution in [0.2, 0.25) is 0 Å². The Morgan fingerprint density at radius 1 is 1.36 bits per heavy atom. The average Bonchev–Trinajstić information content (AvgIpc) is 3.05. The molecule has 0 bridgehead atoms. The van der Waals surface area contributed by atoms with Crippen molar-refractivity contribution in [1.29, 1.82) is 5.26 Å². The second kappa shape index (κ2) is 7.73. The summed E-state index contributed by atoms with van der Waals surface area (Å²) in [5.74, 6) is 1.22. The van der Waals surface area contributed by atoms with Crippen LogP contribution in [0.15, 0.2) is 34.9 Å². The van der Waals surface area contributed by atoms with Crippen molar-refractivity contribution < 1.29 is 9.32 Å². The highest BCUT2D eigenvalue weighted by atomic mass is 16.5. The maximum absolute atomic E-state index is 12.3. The Kier molecular flexibility index (Phi) is 5.21. The molecular weight excluding hydrogens is 318 g/mol. The molecule has 1 aliphatic heterocycles. The van der Waals surface area contributed by atoms with Crippen LogP contribution in [0.5, 0.6) is 0 Å². The summed E-state index contributed by atoms with van der Waals surface area (Å²) in [6.07, 6.45) is 3.31. The Bertz CT molecular complexity index is 813. The average molecular weight is 337 g/mol. The highest BCUT2D eigenvalue weighted by Gasteiger charge is 2.20. The van der Waals surface area contributed by atoms with Gasteiger partial charge in [0.25, 0.3) is 0 Å². The molecule has 3 rings (SSSR count). The highest BCUT2D eigenvalue weighted by molar-refractivity contribution is 5.91. The quantitative estimate of drug-likeness (QED) is 0.788. The predicted octanol–water partition coefficient (Wildman–Crippen LogP) is 1.61. The van der Waals surface area contributed by atoms with E-state index < -0.39 is 0 Å². The maximum atomic E-state index is 12.3. The van der Waals surface area contributed by atoms with Crippen LogP contribution in [-0.4, -0.2) is 52.0 Å². The van der Waals surface area contributed by atoms with E-state index in [0.717, 1.165) is 18.7 Å². The standard InChI is InChI=1S/C18H19N5O2/c1-14-20-17(21-25-14)13-22-7-9-23(10-8-22)18(24)6-5-15-3-2-4-16(11-15)12-19/h2-6,11H,7-10,13H2,1H3. The van der Waals surface area contributed by atoms with Crippen molar-refractivity contribution in [3.05, 3.63) is 53.2 Å². The first kappa shape index (κ1) is 16.9. The lowest BCUT2D eigenvalue weighted by Crippen LogP contribution is -2.47. The fraction of sp³-hybridized carbons (Fsp3) is 0.333. The zero-order chi connectivity index (χ0) is 17.6. The summed E-state index contributed by atoms with van der Waals surface area (Å²) >= 11 is 0. The summed E-state index contributed by atoms with van der Waals surface area (Å²) in [5, 5.41) is 12.8. The van der Waals surface area contributed by atoms with Gasteiger partial charge in [-0.05, 0) is 23.8 Å². The molecule has 1 aromatic carbocycles. The van der Waals surface area contributed by atoms with Gasteiger partial charge in [0.2, 0.25) is 11.8 Å². The van der Waals surface area contributed by atoms with Crippen LogP contribution in [0.1, 0.15) is 22.8 Å². The van der Waals surface area contributed by atoms with Gasteiger partial charge in [0, 0.05) is 39.2 Å². The van der Waals surface area contributed by atoms with Crippen molar-refractivity contribution in [2.45, 2.75) is 13.5 Å². The second-order valence-corrected chi connectivity index (χ2v) is 5.90. The molecule has 25 heavy (non-hydrogen) atoms. The van der Waals surface area contributed by atoms with E-state index in [2.05, 4.69) is 21.1 Å². The molecule has 0 unspecified atom stereocenters. The van der Waals surface area contributed by atoms with Crippen LogP contribution in [0.3, 0.4) is 0 Å². The fourth-order valence-electron chi connectivity index (χ4n) is 2.72. The van der Waals surface area contributed by atoms with Gasteiger partial charge in [-0.25, -0.2) is 0 Å². The third-order valence-electron chi connectivity index (χ3n) is 4.05. The molecule has 0 saturated carbocycles. The van der Waals surface area contributed by atoms with Gasteiger partial charge in [0.05, 0.1) is 18.2 Å². The Labute approximate surface area is 146 Å². The first-order valence-electron chi connectivity index (χ1n) is 8.13. The number of hydrogen-bond acceptors (Lipinski definition) is 6. The fourth-order valence-corrected chi connectivity index (χ4v) is 2.72. The molecule has 2 heterocycles. The molecule has 0 N–H and O–H groups in total. The van der Waals surface area contributed by atoms with E-state index in [4.69, 9.17) is 9.78 Å². The van der Waals surface area contributed by atoms with Crippen LogP contribution >= 0.6 is 0 Å². The number of piperazine rings is 1. The van der Waals surface area contributed by atoms with Crippen molar-refractivity contribution >= 4 is 12.0 Å². The van der Waals surface area contributed by atoms with Gasteiger partial charge in [0.1, 0.15) is 0 Å². The second-order valence-electron chi connectivity index (χ2n) is 5.90. The number of nitrogens with zero attached hydrogens (tertiary/aromatic N) is 5. The maximum Gasteiger partial charge on any atom is 0.246 e. The van der Waals surface area contributed by atoms with Gasteiger partial charge in [0.15, 0.2) is 5.82 Å². The number of benzene rings is 1. The highest BCUT2D eigenvalue weighted by Crippen LogP contribution is 2.09. The van der Waals surface area contributed by atoms with E-state index in [9.17, 15) is 4.79 Å². The molecule has 1 saturated heterocycles. The first-order chi connectivity index (χ1) is 12.1. The normalized spacial score (nSPS) is 15.4. The lowest BCUT2D eigenvalue weighted by Gasteiger charge is -2.33. The van der Waals surface area contributed by atoms with Gasteiger partial charge in [-0.15, -0.1) is 0 Å². The van der Waals surface area contributed by atoms with Crippen molar-refractivity contribution in [2.75, 3.05) is 26.2 Å². The summed E-state index contributed by atoms with van der Waals surface area (Å²) in [4.78, 5) is 20.5. The number of hydrogen-bond donors (Lipinski definition) is 0. The largest absolute Gasteiger partial charge is 0.340 e. The number of carbonyl (C=O) groups is 1. The zero-order valence-corrected chi connectivity index (χ0v) is 14.1. The Morgan fingerprint density at radius 2 is 2.16 bits per heavy atom. The smallest absolute Gasteiger partial charge is 0.246 e. The Balaban J connectivity index is 1.51. The molecule has 0 atom stereocenters. The molecule has 1 aliphatic rings. The molecule has 0 spiro atoms. The number of amides is 1. The van der Waals surface area contributed by atoms with Crippen molar-refractivity contribution in [3.63, 3.8) is 0 Å². The number of aryl methyl sites for hydroxylation is 1. The van der Waals surface area contributed by atoms with Gasteiger partial charge in [-0.3, -0.25) is 9.69 Å². The lowest BCUT2D eigenvalue weighted by atomic mass is 10.1. The van der Waals surface area contributed by atoms with Crippen molar-refractivity contribution in [1.82, 2.24) is 19.9 Å². The summed E-state index contributed by atoms with van der Waals surface area (Å²) in [6.45, 7) is 5.28. The molecule has 0 radical (unpaired) electrons. The topological polar surface area (TPSA) is 86.3 Å². The van der Waals surface area contributed by atoms with E-state index >= 15 is 0 Å². The molecule has 0 aliphatic carbocycles. The van der Waals surface area contributed by atoms with E-state index in [0.29, 0.717) is 36.9 Å². The predicted molar refractivity (Wildman–Crippen MR) is 91.1 cm³/mol. The van der Waals surface area contributed by atoms with Crippen LogP contribution < -0.4 is 0 Å².